The molecule has 0 atom stereocenters. The highest BCUT2D eigenvalue weighted by atomic mass is 16.5. The number of hydrogen-bond acceptors (Lipinski definition) is 3. The number of amides is 2. The van der Waals surface area contributed by atoms with Crippen LogP contribution in [0.15, 0.2) is 60.7 Å². The molecule has 160 valence electrons. The lowest BCUT2D eigenvalue weighted by atomic mass is 9.94. The molecule has 31 heavy (non-hydrogen) atoms. The van der Waals surface area contributed by atoms with Gasteiger partial charge in [-0.2, -0.15) is 0 Å². The first-order valence-electron chi connectivity index (χ1n) is 10.9. The summed E-state index contributed by atoms with van der Waals surface area (Å²) in [4.78, 5) is 27.8. The Kier molecular flexibility index (Phi) is 6.21. The highest BCUT2D eigenvalue weighted by molar-refractivity contribution is 6.08. The Morgan fingerprint density at radius 1 is 1.00 bits per heavy atom. The predicted molar refractivity (Wildman–Crippen MR) is 124 cm³/mol. The molecule has 0 radical (unpaired) electrons. The lowest BCUT2D eigenvalue weighted by molar-refractivity contribution is -0.121. The summed E-state index contributed by atoms with van der Waals surface area (Å²) in [6.07, 6.45) is 2.25. The maximum Gasteiger partial charge on any atom is 0.254 e. The first-order chi connectivity index (χ1) is 15.1. The maximum absolute atomic E-state index is 13.3. The SMILES string of the molecule is CCc1ccc(C(=O)N2CCC(C(=O)Nc3cccc(OC)c3)CC2)c2ccccc12. The van der Waals surface area contributed by atoms with Gasteiger partial charge in [0.1, 0.15) is 5.75 Å². The van der Waals surface area contributed by atoms with E-state index in [1.807, 2.05) is 53.4 Å². The van der Waals surface area contributed by atoms with Gasteiger partial charge in [-0.25, -0.2) is 0 Å². The van der Waals surface area contributed by atoms with Crippen molar-refractivity contribution in [2.45, 2.75) is 26.2 Å². The van der Waals surface area contributed by atoms with E-state index in [2.05, 4.69) is 24.4 Å². The van der Waals surface area contributed by atoms with E-state index in [4.69, 9.17) is 4.74 Å². The lowest BCUT2D eigenvalue weighted by Gasteiger charge is -2.31. The Labute approximate surface area is 183 Å². The van der Waals surface area contributed by atoms with Gasteiger partial charge in [0.2, 0.25) is 5.91 Å². The number of piperidine rings is 1. The molecule has 0 aromatic heterocycles. The van der Waals surface area contributed by atoms with Crippen LogP contribution in [0.25, 0.3) is 10.8 Å². The van der Waals surface area contributed by atoms with Crippen LogP contribution in [-0.2, 0) is 11.2 Å². The number of anilines is 1. The summed E-state index contributed by atoms with van der Waals surface area (Å²) >= 11 is 0. The van der Waals surface area contributed by atoms with Crippen molar-refractivity contribution in [1.29, 1.82) is 0 Å². The molecule has 1 saturated heterocycles. The van der Waals surface area contributed by atoms with Gasteiger partial charge in [0, 0.05) is 36.3 Å². The molecular formula is C26H28N2O3. The molecule has 1 heterocycles. The topological polar surface area (TPSA) is 58.6 Å². The second-order valence-electron chi connectivity index (χ2n) is 7.96. The predicted octanol–water partition coefficient (Wildman–Crippen LogP) is 4.90. The molecule has 1 aliphatic rings. The quantitative estimate of drug-likeness (QED) is 0.643. The number of nitrogens with one attached hydrogen (secondary N) is 1. The highest BCUT2D eigenvalue weighted by Gasteiger charge is 2.28. The Bertz CT molecular complexity index is 1100. The van der Waals surface area contributed by atoms with Gasteiger partial charge in [0.15, 0.2) is 0 Å². The number of aryl methyl sites for hydroxylation is 1. The molecule has 0 unspecified atom stereocenters. The minimum absolute atomic E-state index is 0.00176. The Hall–Kier alpha value is -3.34. The first-order valence-corrected chi connectivity index (χ1v) is 10.9. The molecule has 4 rings (SSSR count). The van der Waals surface area contributed by atoms with Gasteiger partial charge in [0.25, 0.3) is 5.91 Å². The van der Waals surface area contributed by atoms with Crippen LogP contribution in [-0.4, -0.2) is 36.9 Å². The zero-order chi connectivity index (χ0) is 21.8. The van der Waals surface area contributed by atoms with Crippen molar-refractivity contribution in [3.05, 3.63) is 71.8 Å². The lowest BCUT2D eigenvalue weighted by Crippen LogP contribution is -2.41. The third-order valence-corrected chi connectivity index (χ3v) is 6.12. The molecule has 3 aromatic carbocycles. The highest BCUT2D eigenvalue weighted by Crippen LogP contribution is 2.27. The summed E-state index contributed by atoms with van der Waals surface area (Å²) < 4.78 is 5.21. The summed E-state index contributed by atoms with van der Waals surface area (Å²) in [5.41, 5.74) is 2.72. The van der Waals surface area contributed by atoms with Crippen molar-refractivity contribution in [2.24, 2.45) is 5.92 Å². The second kappa shape index (κ2) is 9.21. The maximum atomic E-state index is 13.3. The number of rotatable bonds is 5. The molecule has 0 spiro atoms. The number of benzene rings is 3. The van der Waals surface area contributed by atoms with Gasteiger partial charge in [-0.3, -0.25) is 9.59 Å². The molecule has 5 nitrogen and oxygen atoms in total. The molecule has 1 N–H and O–H groups in total. The molecule has 3 aromatic rings. The van der Waals surface area contributed by atoms with E-state index in [9.17, 15) is 9.59 Å². The van der Waals surface area contributed by atoms with E-state index in [0.29, 0.717) is 31.7 Å². The molecule has 0 aliphatic carbocycles. The summed E-state index contributed by atoms with van der Waals surface area (Å²) in [6, 6.07) is 19.5. The van der Waals surface area contributed by atoms with Crippen molar-refractivity contribution in [1.82, 2.24) is 4.90 Å². The van der Waals surface area contributed by atoms with Crippen LogP contribution in [0.2, 0.25) is 0 Å². The van der Waals surface area contributed by atoms with Gasteiger partial charge < -0.3 is 15.0 Å². The van der Waals surface area contributed by atoms with E-state index in [1.165, 1.54) is 5.56 Å². The fourth-order valence-corrected chi connectivity index (χ4v) is 4.32. The summed E-state index contributed by atoms with van der Waals surface area (Å²) in [7, 11) is 1.60. The third-order valence-electron chi connectivity index (χ3n) is 6.12. The van der Waals surface area contributed by atoms with E-state index in [-0.39, 0.29) is 17.7 Å². The molecule has 2 amide bonds. The van der Waals surface area contributed by atoms with E-state index in [1.54, 1.807) is 7.11 Å². The van der Waals surface area contributed by atoms with Crippen molar-refractivity contribution in [2.75, 3.05) is 25.5 Å². The summed E-state index contributed by atoms with van der Waals surface area (Å²) in [5.74, 6) is 0.651. The van der Waals surface area contributed by atoms with Gasteiger partial charge in [-0.1, -0.05) is 43.3 Å². The number of carbonyl (C=O) groups is 2. The van der Waals surface area contributed by atoms with Crippen LogP contribution < -0.4 is 10.1 Å². The van der Waals surface area contributed by atoms with Gasteiger partial charge in [-0.05, 0) is 53.8 Å². The standard InChI is InChI=1S/C26H28N2O3/c1-3-18-11-12-24(23-10-5-4-9-22(18)23)26(30)28-15-13-19(14-16-28)25(29)27-20-7-6-8-21(17-20)31-2/h4-12,17,19H,3,13-16H2,1-2H3,(H,27,29). The fourth-order valence-electron chi connectivity index (χ4n) is 4.32. The minimum atomic E-state index is -0.102. The molecule has 5 heteroatoms. The number of likely N-dealkylation sites (tertiary alicyclic amines) is 1. The molecule has 1 aliphatic heterocycles. The normalized spacial score (nSPS) is 14.5. The number of carbonyl (C=O) groups excluding carboxylic acids is 2. The van der Waals surface area contributed by atoms with Crippen molar-refractivity contribution >= 4 is 28.3 Å². The third kappa shape index (κ3) is 4.41. The number of hydrogen-bond donors (Lipinski definition) is 1. The Morgan fingerprint density at radius 3 is 2.45 bits per heavy atom. The number of methoxy groups -OCH3 is 1. The van der Waals surface area contributed by atoms with Crippen LogP contribution in [0, 0.1) is 5.92 Å². The molecule has 0 bridgehead atoms. The van der Waals surface area contributed by atoms with Gasteiger partial charge in [-0.15, -0.1) is 0 Å². The average Bonchev–Trinajstić information content (AvgIpc) is 2.83. The Balaban J connectivity index is 1.42. The second-order valence-corrected chi connectivity index (χ2v) is 7.96. The van der Waals surface area contributed by atoms with E-state index >= 15 is 0 Å². The van der Waals surface area contributed by atoms with Crippen molar-refractivity contribution in [3.8, 4) is 5.75 Å². The molecular weight excluding hydrogens is 388 g/mol. The number of fused-ring (bicyclic) bond motifs is 1. The summed E-state index contributed by atoms with van der Waals surface area (Å²) in [6.45, 7) is 3.29. The zero-order valence-corrected chi connectivity index (χ0v) is 18.1. The molecule has 0 saturated carbocycles. The Morgan fingerprint density at radius 2 is 1.74 bits per heavy atom. The van der Waals surface area contributed by atoms with Crippen LogP contribution in [0.3, 0.4) is 0 Å². The van der Waals surface area contributed by atoms with E-state index < -0.39 is 0 Å². The number of nitrogens with zero attached hydrogens (tertiary/aromatic N) is 1. The molecule has 1 fully saturated rings. The van der Waals surface area contributed by atoms with Crippen molar-refractivity contribution < 1.29 is 14.3 Å². The average molecular weight is 417 g/mol. The largest absolute Gasteiger partial charge is 0.497 e. The van der Waals surface area contributed by atoms with Crippen LogP contribution >= 0.6 is 0 Å². The summed E-state index contributed by atoms with van der Waals surface area (Å²) in [5, 5.41) is 5.12. The van der Waals surface area contributed by atoms with E-state index in [0.717, 1.165) is 28.4 Å². The first kappa shape index (κ1) is 20.9. The van der Waals surface area contributed by atoms with Crippen LogP contribution in [0.4, 0.5) is 5.69 Å². The van der Waals surface area contributed by atoms with Crippen molar-refractivity contribution in [3.63, 3.8) is 0 Å². The monoisotopic (exact) mass is 416 g/mol. The van der Waals surface area contributed by atoms with Crippen LogP contribution in [0.5, 0.6) is 5.75 Å². The zero-order valence-electron chi connectivity index (χ0n) is 18.1. The minimum Gasteiger partial charge on any atom is -0.497 e. The smallest absolute Gasteiger partial charge is 0.254 e. The van der Waals surface area contributed by atoms with Crippen LogP contribution in [0.1, 0.15) is 35.7 Å². The van der Waals surface area contributed by atoms with Gasteiger partial charge in [0.05, 0.1) is 7.11 Å². The number of ether oxygens (including phenoxy) is 1. The fraction of sp³-hybridized carbons (Fsp3) is 0.308. The van der Waals surface area contributed by atoms with Gasteiger partial charge >= 0.3 is 0 Å².